The van der Waals surface area contributed by atoms with Crippen molar-refractivity contribution in [3.8, 4) is 11.5 Å². The van der Waals surface area contributed by atoms with Crippen molar-refractivity contribution < 1.29 is 27.5 Å². The number of carbonyl (C=O) groups is 2. The van der Waals surface area contributed by atoms with Crippen molar-refractivity contribution in [3.05, 3.63) is 23.8 Å². The second-order valence-corrected chi connectivity index (χ2v) is 8.23. The van der Waals surface area contributed by atoms with Gasteiger partial charge in [-0.1, -0.05) is 0 Å². The number of hydrazine groups is 1. The van der Waals surface area contributed by atoms with Crippen LogP contribution in [0.15, 0.2) is 18.2 Å². The molecule has 0 aliphatic carbocycles. The Kier molecular flexibility index (Phi) is 6.84. The lowest BCUT2D eigenvalue weighted by molar-refractivity contribution is -0.122. The van der Waals surface area contributed by atoms with Crippen molar-refractivity contribution in [2.75, 3.05) is 24.7 Å². The molecule has 1 atom stereocenters. The number of nitrogens with one attached hydrogen (secondary N) is 2. The third-order valence-corrected chi connectivity index (χ3v) is 5.76. The third kappa shape index (κ3) is 5.62. The Morgan fingerprint density at radius 1 is 1.12 bits per heavy atom. The van der Waals surface area contributed by atoms with Crippen LogP contribution in [0, 0.1) is 5.92 Å². The van der Waals surface area contributed by atoms with Crippen LogP contribution < -0.4 is 20.3 Å². The van der Waals surface area contributed by atoms with Gasteiger partial charge in [-0.2, -0.15) is 0 Å². The summed E-state index contributed by atoms with van der Waals surface area (Å²) in [4.78, 5) is 24.1. The minimum atomic E-state index is -3.03. The van der Waals surface area contributed by atoms with Crippen molar-refractivity contribution in [2.45, 2.75) is 26.7 Å². The van der Waals surface area contributed by atoms with Crippen molar-refractivity contribution >= 4 is 21.7 Å². The highest BCUT2D eigenvalue weighted by Crippen LogP contribution is 2.28. The van der Waals surface area contributed by atoms with Gasteiger partial charge in [0.25, 0.3) is 5.91 Å². The number of benzene rings is 1. The van der Waals surface area contributed by atoms with E-state index in [0.29, 0.717) is 36.7 Å². The molecule has 1 aliphatic rings. The molecule has 8 nitrogen and oxygen atoms in total. The van der Waals surface area contributed by atoms with E-state index < -0.39 is 21.7 Å². The Morgan fingerprint density at radius 3 is 2.42 bits per heavy atom. The summed E-state index contributed by atoms with van der Waals surface area (Å²) in [7, 11) is -3.03. The monoisotopic (exact) mass is 384 g/mol. The molecule has 2 rings (SSSR count). The van der Waals surface area contributed by atoms with Gasteiger partial charge in [-0.3, -0.25) is 20.4 Å². The van der Waals surface area contributed by atoms with Gasteiger partial charge in [-0.05, 0) is 44.4 Å². The number of sulfone groups is 1. The normalized spacial score (nSPS) is 18.2. The zero-order valence-corrected chi connectivity index (χ0v) is 15.7. The van der Waals surface area contributed by atoms with Gasteiger partial charge in [0.2, 0.25) is 5.91 Å². The Hall–Kier alpha value is -2.29. The summed E-state index contributed by atoms with van der Waals surface area (Å²) in [5.74, 6) is 0.000832. The molecule has 26 heavy (non-hydrogen) atoms. The van der Waals surface area contributed by atoms with Gasteiger partial charge in [0, 0.05) is 12.0 Å². The molecule has 0 saturated carbocycles. The summed E-state index contributed by atoms with van der Waals surface area (Å²) >= 11 is 0. The first kappa shape index (κ1) is 20.0. The highest BCUT2D eigenvalue weighted by Gasteiger charge is 2.29. The number of ether oxygens (including phenoxy) is 2. The molecule has 1 saturated heterocycles. The highest BCUT2D eigenvalue weighted by molar-refractivity contribution is 7.91. The maximum absolute atomic E-state index is 12.2. The highest BCUT2D eigenvalue weighted by atomic mass is 32.2. The minimum Gasteiger partial charge on any atom is -0.490 e. The van der Waals surface area contributed by atoms with E-state index in [4.69, 9.17) is 9.47 Å². The van der Waals surface area contributed by atoms with Crippen molar-refractivity contribution in [1.29, 1.82) is 0 Å². The zero-order valence-electron chi connectivity index (χ0n) is 14.9. The van der Waals surface area contributed by atoms with E-state index >= 15 is 0 Å². The molecular formula is C17H24N2O6S. The van der Waals surface area contributed by atoms with Crippen molar-refractivity contribution in [1.82, 2.24) is 10.9 Å². The molecule has 2 amide bonds. The SMILES string of the molecule is CCOc1ccc(C(=O)NNC(=O)CC2CCS(=O)(=O)C2)cc1OCC. The fourth-order valence-electron chi connectivity index (χ4n) is 2.74. The van der Waals surface area contributed by atoms with Gasteiger partial charge in [0.05, 0.1) is 24.7 Å². The second-order valence-electron chi connectivity index (χ2n) is 6.00. The Labute approximate surface area is 153 Å². The zero-order chi connectivity index (χ0) is 19.2. The van der Waals surface area contributed by atoms with Gasteiger partial charge in [0.15, 0.2) is 21.3 Å². The molecule has 1 aromatic carbocycles. The standard InChI is InChI=1S/C17H24N2O6S/c1-3-24-14-6-5-13(10-15(14)25-4-2)17(21)19-18-16(20)9-12-7-8-26(22,23)11-12/h5-6,10,12H,3-4,7-9,11H2,1-2H3,(H,18,20)(H,19,21). The number of rotatable bonds is 7. The quantitative estimate of drug-likeness (QED) is 0.681. The maximum atomic E-state index is 12.2. The number of carbonyl (C=O) groups excluding carboxylic acids is 2. The van der Waals surface area contributed by atoms with Crippen LogP contribution in [0.5, 0.6) is 11.5 Å². The first-order valence-electron chi connectivity index (χ1n) is 8.54. The molecule has 144 valence electrons. The van der Waals surface area contributed by atoms with Crippen molar-refractivity contribution in [2.24, 2.45) is 5.92 Å². The predicted molar refractivity (Wildman–Crippen MR) is 95.8 cm³/mol. The maximum Gasteiger partial charge on any atom is 0.269 e. The van der Waals surface area contributed by atoms with Crippen LogP contribution in [0.1, 0.15) is 37.0 Å². The van der Waals surface area contributed by atoms with Crippen LogP contribution in [0.2, 0.25) is 0 Å². The molecule has 1 unspecified atom stereocenters. The molecule has 9 heteroatoms. The molecule has 0 spiro atoms. The third-order valence-electron chi connectivity index (χ3n) is 3.92. The first-order chi connectivity index (χ1) is 12.3. The summed E-state index contributed by atoms with van der Waals surface area (Å²) in [6.45, 7) is 4.57. The number of hydrogen-bond donors (Lipinski definition) is 2. The van der Waals surface area contributed by atoms with E-state index in [1.54, 1.807) is 18.2 Å². The lowest BCUT2D eigenvalue weighted by Gasteiger charge is -2.13. The smallest absolute Gasteiger partial charge is 0.269 e. The van der Waals surface area contributed by atoms with E-state index in [0.717, 1.165) is 0 Å². The number of hydrogen-bond acceptors (Lipinski definition) is 6. The van der Waals surface area contributed by atoms with Gasteiger partial charge in [-0.25, -0.2) is 8.42 Å². The van der Waals surface area contributed by atoms with Crippen LogP contribution in [0.4, 0.5) is 0 Å². The molecule has 1 heterocycles. The molecule has 1 aliphatic heterocycles. The van der Waals surface area contributed by atoms with Crippen LogP contribution in [-0.2, 0) is 14.6 Å². The summed E-state index contributed by atoms with van der Waals surface area (Å²) < 4.78 is 33.7. The molecule has 1 aromatic rings. The largest absolute Gasteiger partial charge is 0.490 e. The van der Waals surface area contributed by atoms with E-state index in [2.05, 4.69) is 10.9 Å². The van der Waals surface area contributed by atoms with Crippen LogP contribution in [0.25, 0.3) is 0 Å². The fourth-order valence-corrected chi connectivity index (χ4v) is 4.60. The van der Waals surface area contributed by atoms with Crippen LogP contribution >= 0.6 is 0 Å². The average Bonchev–Trinajstić information content (AvgIpc) is 2.93. The second kappa shape index (κ2) is 8.88. The Morgan fingerprint density at radius 2 is 1.81 bits per heavy atom. The van der Waals surface area contributed by atoms with E-state index in [1.165, 1.54) is 0 Å². The summed E-state index contributed by atoms with van der Waals surface area (Å²) in [5, 5.41) is 0. The van der Waals surface area contributed by atoms with E-state index in [-0.39, 0.29) is 23.8 Å². The fraction of sp³-hybridized carbons (Fsp3) is 0.529. The van der Waals surface area contributed by atoms with Crippen LogP contribution in [-0.4, -0.2) is 45.0 Å². The lowest BCUT2D eigenvalue weighted by Crippen LogP contribution is -2.42. The minimum absolute atomic E-state index is 0.0188. The van der Waals surface area contributed by atoms with Crippen molar-refractivity contribution in [3.63, 3.8) is 0 Å². The van der Waals surface area contributed by atoms with Crippen LogP contribution in [0.3, 0.4) is 0 Å². The molecule has 0 bridgehead atoms. The summed E-state index contributed by atoms with van der Waals surface area (Å²) in [5.41, 5.74) is 4.96. The molecular weight excluding hydrogens is 360 g/mol. The lowest BCUT2D eigenvalue weighted by atomic mass is 10.1. The predicted octanol–water partition coefficient (Wildman–Crippen LogP) is 1.07. The molecule has 0 radical (unpaired) electrons. The topological polar surface area (TPSA) is 111 Å². The Bertz CT molecular complexity index is 763. The summed E-state index contributed by atoms with van der Waals surface area (Å²) in [6.07, 6.45) is 0.535. The molecule has 1 fully saturated rings. The van der Waals surface area contributed by atoms with Gasteiger partial charge in [-0.15, -0.1) is 0 Å². The van der Waals surface area contributed by atoms with Gasteiger partial charge in [0.1, 0.15) is 0 Å². The van der Waals surface area contributed by atoms with Gasteiger partial charge < -0.3 is 9.47 Å². The van der Waals surface area contributed by atoms with E-state index in [9.17, 15) is 18.0 Å². The molecule has 2 N–H and O–H groups in total. The van der Waals surface area contributed by atoms with E-state index in [1.807, 2.05) is 13.8 Å². The molecule has 0 aromatic heterocycles. The Balaban J connectivity index is 1.90. The number of amides is 2. The van der Waals surface area contributed by atoms with Gasteiger partial charge >= 0.3 is 0 Å². The summed E-state index contributed by atoms with van der Waals surface area (Å²) in [6, 6.07) is 4.74. The average molecular weight is 384 g/mol. The first-order valence-corrected chi connectivity index (χ1v) is 10.4.